The third-order valence-electron chi connectivity index (χ3n) is 3.07. The molecular weight excluding hydrogens is 232 g/mol. The van der Waals surface area contributed by atoms with Gasteiger partial charge in [0.25, 0.3) is 5.91 Å². The zero-order valence-corrected chi connectivity index (χ0v) is 10.4. The molecule has 0 fully saturated rings. The van der Waals surface area contributed by atoms with Crippen LogP contribution in [0.1, 0.15) is 24.5 Å². The molecule has 0 aliphatic heterocycles. The SMILES string of the molecule is CNC(=O)C(C)Oc1ccc2c(c1)CC/C2=N\O. The largest absolute Gasteiger partial charge is 0.481 e. The molecule has 1 aliphatic rings. The number of hydrogen-bond donors (Lipinski definition) is 2. The normalized spacial score (nSPS) is 17.3. The summed E-state index contributed by atoms with van der Waals surface area (Å²) in [6.45, 7) is 1.70. The Labute approximate surface area is 105 Å². The van der Waals surface area contributed by atoms with E-state index in [0.29, 0.717) is 11.5 Å². The highest BCUT2D eigenvalue weighted by Gasteiger charge is 2.20. The van der Waals surface area contributed by atoms with Crippen LogP contribution in [0.3, 0.4) is 0 Å². The van der Waals surface area contributed by atoms with E-state index >= 15 is 0 Å². The molecular formula is C13H16N2O3. The zero-order valence-electron chi connectivity index (χ0n) is 10.4. The van der Waals surface area contributed by atoms with E-state index in [4.69, 9.17) is 9.94 Å². The van der Waals surface area contributed by atoms with Crippen molar-refractivity contribution in [2.75, 3.05) is 7.05 Å². The van der Waals surface area contributed by atoms with E-state index in [0.717, 1.165) is 24.0 Å². The van der Waals surface area contributed by atoms with Gasteiger partial charge in [0.2, 0.25) is 0 Å². The van der Waals surface area contributed by atoms with Crippen molar-refractivity contribution in [3.63, 3.8) is 0 Å². The van der Waals surface area contributed by atoms with Gasteiger partial charge in [0.15, 0.2) is 6.10 Å². The van der Waals surface area contributed by atoms with Crippen LogP contribution in [0.25, 0.3) is 0 Å². The Bertz CT molecular complexity index is 497. The minimum Gasteiger partial charge on any atom is -0.481 e. The van der Waals surface area contributed by atoms with Gasteiger partial charge < -0.3 is 15.3 Å². The minimum absolute atomic E-state index is 0.159. The van der Waals surface area contributed by atoms with Gasteiger partial charge in [-0.15, -0.1) is 0 Å². The Hall–Kier alpha value is -2.04. The smallest absolute Gasteiger partial charge is 0.260 e. The molecule has 0 saturated heterocycles. The van der Waals surface area contributed by atoms with Gasteiger partial charge in [-0.25, -0.2) is 0 Å². The molecule has 2 rings (SSSR count). The third kappa shape index (κ3) is 2.30. The Morgan fingerprint density at radius 3 is 2.94 bits per heavy atom. The lowest BCUT2D eigenvalue weighted by Crippen LogP contribution is -2.33. The van der Waals surface area contributed by atoms with Gasteiger partial charge in [0.05, 0.1) is 5.71 Å². The predicted molar refractivity (Wildman–Crippen MR) is 67.2 cm³/mol. The number of nitrogens with one attached hydrogen (secondary N) is 1. The van der Waals surface area contributed by atoms with Gasteiger partial charge in [-0.3, -0.25) is 4.79 Å². The van der Waals surface area contributed by atoms with Crippen molar-refractivity contribution >= 4 is 11.6 Å². The van der Waals surface area contributed by atoms with Crippen LogP contribution < -0.4 is 10.1 Å². The second-order valence-corrected chi connectivity index (χ2v) is 4.24. The number of hydrogen-bond acceptors (Lipinski definition) is 4. The first kappa shape index (κ1) is 12.4. The first-order chi connectivity index (χ1) is 8.65. The van der Waals surface area contributed by atoms with Crippen molar-refractivity contribution in [2.24, 2.45) is 5.16 Å². The molecule has 0 bridgehead atoms. The molecule has 0 spiro atoms. The number of rotatable bonds is 3. The van der Waals surface area contributed by atoms with Crippen molar-refractivity contribution in [1.29, 1.82) is 0 Å². The van der Waals surface area contributed by atoms with Crippen LogP contribution in [0.5, 0.6) is 5.75 Å². The van der Waals surface area contributed by atoms with Gasteiger partial charge in [0, 0.05) is 12.6 Å². The van der Waals surface area contributed by atoms with Crippen LogP contribution in [0, 0.1) is 0 Å². The fourth-order valence-corrected chi connectivity index (χ4v) is 2.08. The molecule has 1 amide bonds. The van der Waals surface area contributed by atoms with Crippen LogP contribution in [0.15, 0.2) is 23.4 Å². The van der Waals surface area contributed by atoms with Gasteiger partial charge >= 0.3 is 0 Å². The Balaban J connectivity index is 2.16. The molecule has 18 heavy (non-hydrogen) atoms. The summed E-state index contributed by atoms with van der Waals surface area (Å²) in [6.07, 6.45) is 1.04. The maximum atomic E-state index is 11.4. The van der Waals surface area contributed by atoms with Crippen LogP contribution in [0.4, 0.5) is 0 Å². The van der Waals surface area contributed by atoms with Crippen molar-refractivity contribution in [1.82, 2.24) is 5.32 Å². The molecule has 0 radical (unpaired) electrons. The summed E-state index contributed by atoms with van der Waals surface area (Å²) in [5, 5.41) is 14.6. The first-order valence-corrected chi connectivity index (χ1v) is 5.88. The number of benzene rings is 1. The highest BCUT2D eigenvalue weighted by atomic mass is 16.5. The van der Waals surface area contributed by atoms with E-state index in [1.54, 1.807) is 20.0 Å². The fourth-order valence-electron chi connectivity index (χ4n) is 2.08. The quantitative estimate of drug-likeness (QED) is 0.626. The fraction of sp³-hybridized carbons (Fsp3) is 0.385. The van der Waals surface area contributed by atoms with E-state index in [-0.39, 0.29) is 5.91 Å². The second kappa shape index (κ2) is 5.08. The molecule has 0 aromatic heterocycles. The molecule has 5 nitrogen and oxygen atoms in total. The number of likely N-dealkylation sites (N-methyl/N-ethyl adjacent to an activating group) is 1. The summed E-state index contributed by atoms with van der Waals surface area (Å²) in [5.41, 5.74) is 2.75. The maximum Gasteiger partial charge on any atom is 0.260 e. The van der Waals surface area contributed by atoms with Crippen LogP contribution >= 0.6 is 0 Å². The maximum absolute atomic E-state index is 11.4. The van der Waals surface area contributed by atoms with Gasteiger partial charge in [0.1, 0.15) is 5.75 Å². The monoisotopic (exact) mass is 248 g/mol. The summed E-state index contributed by atoms with van der Waals surface area (Å²) in [7, 11) is 1.58. The number of nitrogens with zero attached hydrogens (tertiary/aromatic N) is 1. The molecule has 2 N–H and O–H groups in total. The second-order valence-electron chi connectivity index (χ2n) is 4.24. The van der Waals surface area contributed by atoms with Crippen LogP contribution in [-0.4, -0.2) is 30.0 Å². The van der Waals surface area contributed by atoms with Crippen molar-refractivity contribution in [3.05, 3.63) is 29.3 Å². The van der Waals surface area contributed by atoms with Crippen molar-refractivity contribution < 1.29 is 14.7 Å². The molecule has 5 heteroatoms. The number of ether oxygens (including phenoxy) is 1. The first-order valence-electron chi connectivity index (χ1n) is 5.88. The number of fused-ring (bicyclic) bond motifs is 1. The number of carbonyl (C=O) groups is 1. The summed E-state index contributed by atoms with van der Waals surface area (Å²) >= 11 is 0. The van der Waals surface area contributed by atoms with Gasteiger partial charge in [-0.1, -0.05) is 5.16 Å². The molecule has 1 aromatic rings. The number of amides is 1. The molecule has 1 aromatic carbocycles. The number of aryl methyl sites for hydroxylation is 1. The van der Waals surface area contributed by atoms with E-state index in [1.807, 2.05) is 12.1 Å². The van der Waals surface area contributed by atoms with E-state index < -0.39 is 6.10 Å². The summed E-state index contributed by atoms with van der Waals surface area (Å²) < 4.78 is 5.55. The highest BCUT2D eigenvalue weighted by Crippen LogP contribution is 2.27. The van der Waals surface area contributed by atoms with Crippen molar-refractivity contribution in [3.8, 4) is 5.75 Å². The van der Waals surface area contributed by atoms with Crippen LogP contribution in [-0.2, 0) is 11.2 Å². The average Bonchev–Trinajstić information content (AvgIpc) is 2.79. The average molecular weight is 248 g/mol. The molecule has 96 valence electrons. The summed E-state index contributed by atoms with van der Waals surface area (Å²) in [4.78, 5) is 11.4. The summed E-state index contributed by atoms with van der Waals surface area (Å²) in [5.74, 6) is 0.497. The van der Waals surface area contributed by atoms with E-state index in [9.17, 15) is 4.79 Å². The zero-order chi connectivity index (χ0) is 13.1. The summed E-state index contributed by atoms with van der Waals surface area (Å²) in [6, 6.07) is 5.55. The lowest BCUT2D eigenvalue weighted by atomic mass is 10.1. The van der Waals surface area contributed by atoms with Crippen LogP contribution in [0.2, 0.25) is 0 Å². The Morgan fingerprint density at radius 2 is 2.28 bits per heavy atom. The topological polar surface area (TPSA) is 70.9 Å². The number of oxime groups is 1. The van der Waals surface area contributed by atoms with Crippen molar-refractivity contribution in [2.45, 2.75) is 25.9 Å². The van der Waals surface area contributed by atoms with E-state index in [2.05, 4.69) is 10.5 Å². The molecule has 0 saturated carbocycles. The lowest BCUT2D eigenvalue weighted by Gasteiger charge is -2.13. The van der Waals surface area contributed by atoms with Gasteiger partial charge in [-0.2, -0.15) is 0 Å². The third-order valence-corrected chi connectivity index (χ3v) is 3.07. The standard InChI is InChI=1S/C13H16N2O3/c1-8(13(16)14-2)18-10-4-5-11-9(7-10)3-6-12(11)15-17/h4-5,7-8,17H,3,6H2,1-2H3,(H,14,16)/b15-12+. The Kier molecular flexibility index (Phi) is 3.50. The molecule has 1 unspecified atom stereocenters. The molecule has 0 heterocycles. The predicted octanol–water partition coefficient (Wildman–Crippen LogP) is 1.32. The molecule has 1 aliphatic carbocycles. The van der Waals surface area contributed by atoms with Gasteiger partial charge in [-0.05, 0) is 43.5 Å². The lowest BCUT2D eigenvalue weighted by molar-refractivity contribution is -0.126. The molecule has 1 atom stereocenters. The minimum atomic E-state index is -0.527. The van der Waals surface area contributed by atoms with E-state index in [1.165, 1.54) is 0 Å². The number of carbonyl (C=O) groups excluding carboxylic acids is 1. The highest BCUT2D eigenvalue weighted by molar-refractivity contribution is 6.04. The Morgan fingerprint density at radius 1 is 1.50 bits per heavy atom.